The number of hydrogen-bond acceptors (Lipinski definition) is 2. The molecule has 0 aliphatic carbocycles. The molecule has 0 aromatic carbocycles. The Labute approximate surface area is 93.8 Å². The van der Waals surface area contributed by atoms with E-state index in [9.17, 15) is 0 Å². The number of nitrogens with zero attached hydrogens (tertiary/aromatic N) is 2. The monoisotopic (exact) mass is 259 g/mol. The van der Waals surface area contributed by atoms with Crippen molar-refractivity contribution in [3.05, 3.63) is 10.2 Å². The fourth-order valence-corrected chi connectivity index (χ4v) is 2.19. The Morgan fingerprint density at radius 3 is 2.36 bits per heavy atom. The van der Waals surface area contributed by atoms with Gasteiger partial charge in [-0.2, -0.15) is 5.10 Å². The Bertz CT molecular complexity index is 323. The number of halogens is 1. The fourth-order valence-electron chi connectivity index (χ4n) is 1.31. The lowest BCUT2D eigenvalue weighted by Gasteiger charge is -2.15. The minimum Gasteiger partial charge on any atom is -0.383 e. The average Bonchev–Trinajstić information content (AvgIpc) is 2.32. The molecule has 4 heteroatoms. The van der Waals surface area contributed by atoms with E-state index in [-0.39, 0.29) is 5.41 Å². The SMILES string of the molecule is CCCn1nc(C(C)(C)C)c(Br)c1N. The van der Waals surface area contributed by atoms with Crippen molar-refractivity contribution in [3.63, 3.8) is 0 Å². The second-order valence-electron chi connectivity index (χ2n) is 4.52. The van der Waals surface area contributed by atoms with E-state index < -0.39 is 0 Å². The zero-order valence-electron chi connectivity index (χ0n) is 9.26. The smallest absolute Gasteiger partial charge is 0.136 e. The third-order valence-electron chi connectivity index (χ3n) is 2.08. The molecular weight excluding hydrogens is 242 g/mol. The van der Waals surface area contributed by atoms with E-state index in [1.165, 1.54) is 0 Å². The second-order valence-corrected chi connectivity index (χ2v) is 5.31. The Morgan fingerprint density at radius 2 is 2.00 bits per heavy atom. The first-order valence-corrected chi connectivity index (χ1v) is 5.69. The van der Waals surface area contributed by atoms with E-state index in [0.717, 1.165) is 29.0 Å². The molecule has 0 atom stereocenters. The van der Waals surface area contributed by atoms with Crippen LogP contribution in [0, 0.1) is 0 Å². The molecule has 0 saturated heterocycles. The highest BCUT2D eigenvalue weighted by Crippen LogP contribution is 2.32. The summed E-state index contributed by atoms with van der Waals surface area (Å²) in [7, 11) is 0. The van der Waals surface area contributed by atoms with Crippen LogP contribution in [0.5, 0.6) is 0 Å². The molecule has 0 fully saturated rings. The van der Waals surface area contributed by atoms with Gasteiger partial charge in [0.15, 0.2) is 0 Å². The molecule has 0 radical (unpaired) electrons. The van der Waals surface area contributed by atoms with Crippen LogP contribution in [0.4, 0.5) is 5.82 Å². The number of nitrogen functional groups attached to an aromatic ring is 1. The maximum absolute atomic E-state index is 5.94. The average molecular weight is 260 g/mol. The van der Waals surface area contributed by atoms with E-state index in [4.69, 9.17) is 5.73 Å². The molecule has 3 nitrogen and oxygen atoms in total. The van der Waals surface area contributed by atoms with Crippen molar-refractivity contribution in [3.8, 4) is 0 Å². The van der Waals surface area contributed by atoms with Gasteiger partial charge >= 0.3 is 0 Å². The van der Waals surface area contributed by atoms with Crippen LogP contribution in [0.1, 0.15) is 39.8 Å². The summed E-state index contributed by atoms with van der Waals surface area (Å²) in [5.74, 6) is 0.733. The minimum absolute atomic E-state index is 0.0337. The van der Waals surface area contributed by atoms with Gasteiger partial charge in [0.25, 0.3) is 0 Å². The predicted molar refractivity (Wildman–Crippen MR) is 63.3 cm³/mol. The van der Waals surface area contributed by atoms with Crippen LogP contribution in [-0.4, -0.2) is 9.78 Å². The number of hydrogen-bond donors (Lipinski definition) is 1. The van der Waals surface area contributed by atoms with E-state index in [2.05, 4.69) is 48.7 Å². The molecule has 14 heavy (non-hydrogen) atoms. The standard InChI is InChI=1S/C10H18BrN3/c1-5-6-14-9(12)7(11)8(13-14)10(2,3)4/h5-6,12H2,1-4H3. The Morgan fingerprint density at radius 1 is 1.43 bits per heavy atom. The van der Waals surface area contributed by atoms with Crippen LogP contribution in [-0.2, 0) is 12.0 Å². The molecule has 0 amide bonds. The van der Waals surface area contributed by atoms with Crippen LogP contribution in [0.15, 0.2) is 4.47 Å². The first-order chi connectivity index (χ1) is 6.38. The largest absolute Gasteiger partial charge is 0.383 e. The van der Waals surface area contributed by atoms with Gasteiger partial charge in [-0.05, 0) is 22.4 Å². The predicted octanol–water partition coefficient (Wildman–Crippen LogP) is 2.94. The van der Waals surface area contributed by atoms with Gasteiger partial charge in [0.1, 0.15) is 5.82 Å². The molecule has 0 unspecified atom stereocenters. The van der Waals surface area contributed by atoms with Crippen LogP contribution >= 0.6 is 15.9 Å². The third kappa shape index (κ3) is 2.11. The minimum atomic E-state index is 0.0337. The van der Waals surface area contributed by atoms with E-state index in [1.54, 1.807) is 0 Å². The summed E-state index contributed by atoms with van der Waals surface area (Å²) < 4.78 is 2.81. The molecule has 0 saturated carbocycles. The zero-order valence-corrected chi connectivity index (χ0v) is 10.8. The van der Waals surface area contributed by atoms with Gasteiger partial charge in [0, 0.05) is 12.0 Å². The normalized spacial score (nSPS) is 12.1. The van der Waals surface area contributed by atoms with Crippen LogP contribution in [0.2, 0.25) is 0 Å². The van der Waals surface area contributed by atoms with E-state index in [1.807, 2.05) is 4.68 Å². The van der Waals surface area contributed by atoms with E-state index >= 15 is 0 Å². The second kappa shape index (κ2) is 3.93. The van der Waals surface area contributed by atoms with Crippen LogP contribution < -0.4 is 5.73 Å². The molecule has 1 aromatic heterocycles. The third-order valence-corrected chi connectivity index (χ3v) is 2.86. The van der Waals surface area contributed by atoms with Crippen molar-refractivity contribution in [2.75, 3.05) is 5.73 Å². The zero-order chi connectivity index (χ0) is 10.9. The highest BCUT2D eigenvalue weighted by atomic mass is 79.9. The highest BCUT2D eigenvalue weighted by Gasteiger charge is 2.23. The number of aromatic nitrogens is 2. The molecular formula is C10H18BrN3. The summed E-state index contributed by atoms with van der Waals surface area (Å²) in [4.78, 5) is 0. The Hall–Kier alpha value is -0.510. The summed E-state index contributed by atoms with van der Waals surface area (Å²) in [5.41, 5.74) is 7.00. The molecule has 0 spiro atoms. The Kier molecular flexibility index (Phi) is 3.24. The van der Waals surface area contributed by atoms with Gasteiger partial charge in [-0.3, -0.25) is 0 Å². The summed E-state index contributed by atoms with van der Waals surface area (Å²) in [6, 6.07) is 0. The van der Waals surface area contributed by atoms with Crippen molar-refractivity contribution in [1.29, 1.82) is 0 Å². The van der Waals surface area contributed by atoms with Gasteiger partial charge in [0.05, 0.1) is 10.2 Å². The van der Waals surface area contributed by atoms with Crippen molar-refractivity contribution >= 4 is 21.7 Å². The molecule has 1 heterocycles. The maximum atomic E-state index is 5.94. The molecule has 0 bridgehead atoms. The van der Waals surface area contributed by atoms with Crippen LogP contribution in [0.25, 0.3) is 0 Å². The van der Waals surface area contributed by atoms with Crippen molar-refractivity contribution < 1.29 is 0 Å². The number of anilines is 1. The number of rotatable bonds is 2. The Balaban J connectivity index is 3.15. The maximum Gasteiger partial charge on any atom is 0.136 e. The first kappa shape index (κ1) is 11.6. The summed E-state index contributed by atoms with van der Waals surface area (Å²) in [5, 5.41) is 4.52. The molecule has 1 aromatic rings. The lowest BCUT2D eigenvalue weighted by Crippen LogP contribution is -2.13. The van der Waals surface area contributed by atoms with Gasteiger partial charge in [0.2, 0.25) is 0 Å². The quantitative estimate of drug-likeness (QED) is 0.888. The fraction of sp³-hybridized carbons (Fsp3) is 0.700. The topological polar surface area (TPSA) is 43.8 Å². The van der Waals surface area contributed by atoms with Gasteiger partial charge < -0.3 is 5.73 Å². The van der Waals surface area contributed by atoms with Gasteiger partial charge in [-0.15, -0.1) is 0 Å². The van der Waals surface area contributed by atoms with Crippen molar-refractivity contribution in [2.45, 2.75) is 46.1 Å². The molecule has 2 N–H and O–H groups in total. The molecule has 1 rings (SSSR count). The summed E-state index contributed by atoms with van der Waals surface area (Å²) in [6.45, 7) is 9.40. The molecule has 0 aliphatic heterocycles. The van der Waals surface area contributed by atoms with Gasteiger partial charge in [-0.25, -0.2) is 4.68 Å². The van der Waals surface area contributed by atoms with Crippen molar-refractivity contribution in [2.24, 2.45) is 0 Å². The van der Waals surface area contributed by atoms with E-state index in [0.29, 0.717) is 0 Å². The lowest BCUT2D eigenvalue weighted by molar-refractivity contribution is 0.530. The number of aryl methyl sites for hydroxylation is 1. The lowest BCUT2D eigenvalue weighted by atomic mass is 9.92. The summed E-state index contributed by atoms with van der Waals surface area (Å²) in [6.07, 6.45) is 1.04. The van der Waals surface area contributed by atoms with Gasteiger partial charge in [-0.1, -0.05) is 27.7 Å². The van der Waals surface area contributed by atoms with Crippen LogP contribution in [0.3, 0.4) is 0 Å². The summed E-state index contributed by atoms with van der Waals surface area (Å²) >= 11 is 3.50. The number of nitrogens with two attached hydrogens (primary N) is 1. The first-order valence-electron chi connectivity index (χ1n) is 4.90. The highest BCUT2D eigenvalue weighted by molar-refractivity contribution is 9.10. The molecule has 80 valence electrons. The molecule has 0 aliphatic rings. The van der Waals surface area contributed by atoms with Crippen molar-refractivity contribution in [1.82, 2.24) is 9.78 Å².